The molecule has 0 saturated heterocycles. The third-order valence-corrected chi connectivity index (χ3v) is 5.07. The topological polar surface area (TPSA) is 101 Å². The number of carbonyl (C=O) groups is 3. The van der Waals surface area contributed by atoms with Crippen LogP contribution in [-0.2, 0) is 27.2 Å². The molecule has 0 aliphatic carbocycles. The molecule has 0 aliphatic rings. The second-order valence-corrected chi connectivity index (χ2v) is 7.36. The zero-order chi connectivity index (χ0) is 19.8. The summed E-state index contributed by atoms with van der Waals surface area (Å²) in [5.41, 5.74) is 7.31. The van der Waals surface area contributed by atoms with Gasteiger partial charge in [0.05, 0.1) is 0 Å². The minimum atomic E-state index is -0.861. The number of benzene rings is 2. The molecular formula is C20H22IN3O3. The molecule has 0 aliphatic heterocycles. The maximum atomic E-state index is 12.7. The van der Waals surface area contributed by atoms with Crippen LogP contribution in [0.25, 0.3) is 0 Å². The van der Waals surface area contributed by atoms with E-state index in [-0.39, 0.29) is 12.3 Å². The lowest BCUT2D eigenvalue weighted by Gasteiger charge is -2.22. The number of halogens is 1. The molecule has 4 N–H and O–H groups in total. The van der Waals surface area contributed by atoms with Crippen molar-refractivity contribution in [2.75, 3.05) is 0 Å². The highest BCUT2D eigenvalue weighted by Gasteiger charge is 2.25. The van der Waals surface area contributed by atoms with Crippen molar-refractivity contribution in [2.24, 2.45) is 5.73 Å². The Labute approximate surface area is 172 Å². The smallest absolute Gasteiger partial charge is 0.243 e. The predicted octanol–water partition coefficient (Wildman–Crippen LogP) is 1.55. The highest BCUT2D eigenvalue weighted by Crippen LogP contribution is 2.14. The summed E-state index contributed by atoms with van der Waals surface area (Å²) in [5.74, 6) is -1.38. The predicted molar refractivity (Wildman–Crippen MR) is 112 cm³/mol. The van der Waals surface area contributed by atoms with Gasteiger partial charge in [0.25, 0.3) is 0 Å². The van der Waals surface area contributed by atoms with Crippen LogP contribution < -0.4 is 16.4 Å². The molecule has 2 atom stereocenters. The van der Waals surface area contributed by atoms with E-state index < -0.39 is 23.9 Å². The van der Waals surface area contributed by atoms with Crippen LogP contribution in [0.15, 0.2) is 54.6 Å². The Bertz CT molecular complexity index is 811. The molecule has 2 aromatic rings. The molecule has 0 spiro atoms. The van der Waals surface area contributed by atoms with Crippen molar-refractivity contribution in [3.05, 3.63) is 69.3 Å². The van der Waals surface area contributed by atoms with Gasteiger partial charge in [0, 0.05) is 23.3 Å². The normalized spacial score (nSPS) is 12.7. The molecule has 0 radical (unpaired) electrons. The number of primary amides is 1. The monoisotopic (exact) mass is 479 g/mol. The van der Waals surface area contributed by atoms with Crippen molar-refractivity contribution in [3.8, 4) is 0 Å². The quantitative estimate of drug-likeness (QED) is 0.501. The van der Waals surface area contributed by atoms with Crippen molar-refractivity contribution in [2.45, 2.75) is 31.8 Å². The summed E-state index contributed by atoms with van der Waals surface area (Å²) in [6.07, 6.45) is 0.610. The van der Waals surface area contributed by atoms with Crippen LogP contribution in [0.3, 0.4) is 0 Å². The van der Waals surface area contributed by atoms with E-state index in [9.17, 15) is 14.4 Å². The Morgan fingerprint density at radius 3 is 2.15 bits per heavy atom. The number of carbonyl (C=O) groups excluding carboxylic acids is 3. The SMILES string of the molecule is CC(=O)N[C@H](Cc1ccccc1)C(=O)N[C@@H](Cc1ccccc1I)C(N)=O. The van der Waals surface area contributed by atoms with Crippen LogP contribution in [0.5, 0.6) is 0 Å². The van der Waals surface area contributed by atoms with Gasteiger partial charge in [-0.05, 0) is 39.8 Å². The summed E-state index contributed by atoms with van der Waals surface area (Å²) >= 11 is 2.17. The van der Waals surface area contributed by atoms with Crippen LogP contribution >= 0.6 is 22.6 Å². The van der Waals surface area contributed by atoms with E-state index in [1.165, 1.54) is 6.92 Å². The first-order valence-corrected chi connectivity index (χ1v) is 9.59. The van der Waals surface area contributed by atoms with Crippen LogP contribution in [0, 0.1) is 3.57 Å². The summed E-state index contributed by atoms with van der Waals surface area (Å²) in [7, 11) is 0. The molecule has 0 aromatic heterocycles. The lowest BCUT2D eigenvalue weighted by atomic mass is 10.0. The molecule has 0 bridgehead atoms. The average Bonchev–Trinajstić information content (AvgIpc) is 2.62. The molecule has 0 unspecified atom stereocenters. The molecule has 142 valence electrons. The highest BCUT2D eigenvalue weighted by atomic mass is 127. The molecule has 0 fully saturated rings. The molecule has 7 heteroatoms. The van der Waals surface area contributed by atoms with Crippen LogP contribution in [-0.4, -0.2) is 29.8 Å². The van der Waals surface area contributed by atoms with Crippen molar-refractivity contribution >= 4 is 40.3 Å². The third-order valence-electron chi connectivity index (χ3n) is 4.02. The van der Waals surface area contributed by atoms with E-state index in [1.807, 2.05) is 54.6 Å². The number of rotatable bonds is 8. The van der Waals surface area contributed by atoms with E-state index in [4.69, 9.17) is 5.73 Å². The zero-order valence-corrected chi connectivity index (χ0v) is 17.1. The van der Waals surface area contributed by atoms with Gasteiger partial charge in [-0.25, -0.2) is 0 Å². The Balaban J connectivity index is 2.13. The number of nitrogens with two attached hydrogens (primary N) is 1. The summed E-state index contributed by atoms with van der Waals surface area (Å²) < 4.78 is 0.985. The maximum absolute atomic E-state index is 12.7. The summed E-state index contributed by atoms with van der Waals surface area (Å²) in [4.78, 5) is 36.1. The lowest BCUT2D eigenvalue weighted by molar-refractivity contribution is -0.130. The number of hydrogen-bond donors (Lipinski definition) is 3. The van der Waals surface area contributed by atoms with Gasteiger partial charge in [-0.2, -0.15) is 0 Å². The first-order valence-electron chi connectivity index (χ1n) is 8.51. The van der Waals surface area contributed by atoms with E-state index in [0.29, 0.717) is 6.42 Å². The van der Waals surface area contributed by atoms with Crippen molar-refractivity contribution in [3.63, 3.8) is 0 Å². The molecule has 2 rings (SSSR count). The summed E-state index contributed by atoms with van der Waals surface area (Å²) in [6, 6.07) is 15.3. The summed E-state index contributed by atoms with van der Waals surface area (Å²) in [6.45, 7) is 1.35. The van der Waals surface area contributed by atoms with Gasteiger partial charge in [0.2, 0.25) is 17.7 Å². The second kappa shape index (κ2) is 10.1. The molecule has 0 heterocycles. The average molecular weight is 479 g/mol. The van der Waals surface area contributed by atoms with Gasteiger partial charge < -0.3 is 16.4 Å². The van der Waals surface area contributed by atoms with Crippen molar-refractivity contribution in [1.82, 2.24) is 10.6 Å². The first kappa shape index (κ1) is 20.9. The summed E-state index contributed by atoms with van der Waals surface area (Å²) in [5, 5.41) is 5.33. The number of nitrogens with one attached hydrogen (secondary N) is 2. The van der Waals surface area contributed by atoms with Gasteiger partial charge in [-0.15, -0.1) is 0 Å². The van der Waals surface area contributed by atoms with Crippen molar-refractivity contribution in [1.29, 1.82) is 0 Å². The molecule has 3 amide bonds. The Kier molecular flexibility index (Phi) is 7.78. The fraction of sp³-hybridized carbons (Fsp3) is 0.250. The second-order valence-electron chi connectivity index (χ2n) is 6.20. The minimum absolute atomic E-state index is 0.290. The van der Waals surface area contributed by atoms with Crippen LogP contribution in [0.2, 0.25) is 0 Å². The first-order chi connectivity index (χ1) is 12.9. The molecule has 6 nitrogen and oxygen atoms in total. The zero-order valence-electron chi connectivity index (χ0n) is 14.9. The number of hydrogen-bond acceptors (Lipinski definition) is 3. The molecular weight excluding hydrogens is 457 g/mol. The third kappa shape index (κ3) is 6.67. The maximum Gasteiger partial charge on any atom is 0.243 e. The Hall–Kier alpha value is -2.42. The molecule has 2 aromatic carbocycles. The molecule has 27 heavy (non-hydrogen) atoms. The minimum Gasteiger partial charge on any atom is -0.368 e. The van der Waals surface area contributed by atoms with E-state index >= 15 is 0 Å². The fourth-order valence-electron chi connectivity index (χ4n) is 2.68. The fourth-order valence-corrected chi connectivity index (χ4v) is 3.29. The van der Waals surface area contributed by atoms with Gasteiger partial charge in [-0.3, -0.25) is 14.4 Å². The van der Waals surface area contributed by atoms with Crippen LogP contribution in [0.4, 0.5) is 0 Å². The standard InChI is InChI=1S/C20H22IN3O3/c1-13(25)23-18(11-14-7-3-2-4-8-14)20(27)24-17(19(22)26)12-15-9-5-6-10-16(15)21/h2-10,17-18H,11-12H2,1H3,(H2,22,26)(H,23,25)(H,24,27)/t17-,18+/m0/s1. The van der Waals surface area contributed by atoms with E-state index in [0.717, 1.165) is 14.7 Å². The lowest BCUT2D eigenvalue weighted by Crippen LogP contribution is -2.54. The van der Waals surface area contributed by atoms with Gasteiger partial charge >= 0.3 is 0 Å². The van der Waals surface area contributed by atoms with Gasteiger partial charge in [0.15, 0.2) is 0 Å². The Morgan fingerprint density at radius 2 is 1.56 bits per heavy atom. The van der Waals surface area contributed by atoms with Crippen LogP contribution in [0.1, 0.15) is 18.1 Å². The molecule has 0 saturated carbocycles. The van der Waals surface area contributed by atoms with Gasteiger partial charge in [-0.1, -0.05) is 48.5 Å². The van der Waals surface area contributed by atoms with Crippen molar-refractivity contribution < 1.29 is 14.4 Å². The number of amides is 3. The largest absolute Gasteiger partial charge is 0.368 e. The Morgan fingerprint density at radius 1 is 0.926 bits per heavy atom. The van der Waals surface area contributed by atoms with E-state index in [2.05, 4.69) is 33.2 Å². The van der Waals surface area contributed by atoms with E-state index in [1.54, 1.807) is 0 Å². The van der Waals surface area contributed by atoms with Gasteiger partial charge in [0.1, 0.15) is 12.1 Å². The highest BCUT2D eigenvalue weighted by molar-refractivity contribution is 14.1.